The monoisotopic (exact) mass is 231 g/mol. The first-order valence-corrected chi connectivity index (χ1v) is 6.43. The van der Waals surface area contributed by atoms with Crippen LogP contribution in [0.25, 0.3) is 0 Å². The van der Waals surface area contributed by atoms with Crippen LogP contribution >= 0.6 is 0 Å². The Morgan fingerprint density at radius 3 is 2.19 bits per heavy atom. The molecule has 0 aromatic carbocycles. The van der Waals surface area contributed by atoms with Crippen LogP contribution in [0.15, 0.2) is 0 Å². The predicted molar refractivity (Wildman–Crippen MR) is 65.1 cm³/mol. The molecule has 0 bridgehead atoms. The van der Waals surface area contributed by atoms with Gasteiger partial charge in [0.15, 0.2) is 0 Å². The number of hydrogen-bond acceptors (Lipinski definition) is 2. The molecule has 97 valence electrons. The Balaban J connectivity index is 3.17. The van der Waals surface area contributed by atoms with Crippen molar-refractivity contribution in [3.05, 3.63) is 0 Å². The molecule has 0 N–H and O–H groups in total. The fourth-order valence-electron chi connectivity index (χ4n) is 1.55. The van der Waals surface area contributed by atoms with Crippen molar-refractivity contribution in [3.8, 4) is 0 Å². The second kappa shape index (κ2) is 11.4. The molecule has 0 heterocycles. The van der Waals surface area contributed by atoms with E-state index in [0.29, 0.717) is 12.2 Å². The smallest absolute Gasteiger partial charge is 0.0822 e. The summed E-state index contributed by atoms with van der Waals surface area (Å²) in [5, 5.41) is 10.3. The summed E-state index contributed by atoms with van der Waals surface area (Å²) in [5.74, 6) is 0. The van der Waals surface area contributed by atoms with Gasteiger partial charge in [0.2, 0.25) is 0 Å². The van der Waals surface area contributed by atoms with E-state index < -0.39 is 0 Å². The van der Waals surface area contributed by atoms with Crippen LogP contribution in [0.5, 0.6) is 0 Å². The second-order valence-corrected chi connectivity index (χ2v) is 4.42. The van der Waals surface area contributed by atoms with E-state index in [4.69, 9.17) is 9.47 Å². The van der Waals surface area contributed by atoms with E-state index in [0.717, 1.165) is 45.1 Å². The Hall–Kier alpha value is -0.120. The van der Waals surface area contributed by atoms with Gasteiger partial charge in [0.05, 0.1) is 18.8 Å². The summed E-state index contributed by atoms with van der Waals surface area (Å²) in [6, 6.07) is 0. The minimum Gasteiger partial charge on any atom is -0.382 e. The van der Waals surface area contributed by atoms with Crippen LogP contribution in [-0.4, -0.2) is 32.5 Å². The van der Waals surface area contributed by atoms with Crippen molar-refractivity contribution in [2.75, 3.05) is 20.3 Å². The topological polar surface area (TPSA) is 38.4 Å². The zero-order chi connectivity index (χ0) is 12.2. The van der Waals surface area contributed by atoms with Gasteiger partial charge in [0, 0.05) is 13.7 Å². The zero-order valence-corrected chi connectivity index (χ0v) is 11.0. The van der Waals surface area contributed by atoms with Crippen LogP contribution in [-0.2, 0) is 14.6 Å². The number of ether oxygens (including phenoxy) is 2. The van der Waals surface area contributed by atoms with Crippen LogP contribution in [0.2, 0.25) is 0 Å². The van der Waals surface area contributed by atoms with Crippen molar-refractivity contribution < 1.29 is 14.6 Å². The molecule has 0 saturated heterocycles. The molecule has 0 aliphatic heterocycles. The van der Waals surface area contributed by atoms with Crippen molar-refractivity contribution in [1.29, 1.82) is 0 Å². The highest BCUT2D eigenvalue weighted by Crippen LogP contribution is 2.07. The lowest BCUT2D eigenvalue weighted by molar-refractivity contribution is 0.0504. The van der Waals surface area contributed by atoms with Gasteiger partial charge >= 0.3 is 0 Å². The lowest BCUT2D eigenvalue weighted by Gasteiger charge is -2.13. The van der Waals surface area contributed by atoms with Gasteiger partial charge in [-0.2, -0.15) is 0 Å². The Labute approximate surface area is 100 Å². The molecule has 0 amide bonds. The maximum atomic E-state index is 10.3. The van der Waals surface area contributed by atoms with E-state index >= 15 is 0 Å². The van der Waals surface area contributed by atoms with Crippen LogP contribution in [0.4, 0.5) is 0 Å². The third-order valence-electron chi connectivity index (χ3n) is 2.81. The highest BCUT2D eigenvalue weighted by Gasteiger charge is 2.02. The molecular formula is C13H27O3. The highest BCUT2D eigenvalue weighted by molar-refractivity contribution is 4.53. The standard InChI is InChI=1S/C13H27O3/c1-12(15-3)8-5-7-11-16-13(2)9-4-6-10-14/h12-13H,4-11H2,1-3H3. The second-order valence-electron chi connectivity index (χ2n) is 4.42. The zero-order valence-electron chi connectivity index (χ0n) is 11.0. The first-order valence-electron chi connectivity index (χ1n) is 6.43. The van der Waals surface area contributed by atoms with Crippen molar-refractivity contribution >= 4 is 0 Å². The number of unbranched alkanes of at least 4 members (excludes halogenated alkanes) is 2. The molecule has 0 aliphatic carbocycles. The third kappa shape index (κ3) is 10.4. The summed E-state index contributed by atoms with van der Waals surface area (Å²) in [6.07, 6.45) is 6.79. The summed E-state index contributed by atoms with van der Waals surface area (Å²) >= 11 is 0. The molecule has 0 spiro atoms. The van der Waals surface area contributed by atoms with E-state index in [9.17, 15) is 5.11 Å². The molecule has 0 fully saturated rings. The average molecular weight is 231 g/mol. The van der Waals surface area contributed by atoms with E-state index in [-0.39, 0.29) is 6.61 Å². The van der Waals surface area contributed by atoms with Gasteiger partial charge in [0.1, 0.15) is 0 Å². The Morgan fingerprint density at radius 2 is 1.56 bits per heavy atom. The minimum absolute atomic E-state index is 0.0433. The van der Waals surface area contributed by atoms with E-state index in [2.05, 4.69) is 13.8 Å². The van der Waals surface area contributed by atoms with Gasteiger partial charge in [-0.1, -0.05) is 0 Å². The summed E-state index contributed by atoms with van der Waals surface area (Å²) < 4.78 is 10.8. The molecule has 1 radical (unpaired) electrons. The summed E-state index contributed by atoms with van der Waals surface area (Å²) in [5.41, 5.74) is 0. The lowest BCUT2D eigenvalue weighted by atomic mass is 10.1. The highest BCUT2D eigenvalue weighted by atomic mass is 16.5. The largest absolute Gasteiger partial charge is 0.382 e. The lowest BCUT2D eigenvalue weighted by Crippen LogP contribution is -2.10. The molecule has 0 rings (SSSR count). The molecule has 16 heavy (non-hydrogen) atoms. The molecule has 0 aromatic heterocycles. The Morgan fingerprint density at radius 1 is 0.938 bits per heavy atom. The molecular weight excluding hydrogens is 204 g/mol. The average Bonchev–Trinajstić information content (AvgIpc) is 2.28. The molecule has 2 unspecified atom stereocenters. The van der Waals surface area contributed by atoms with Crippen molar-refractivity contribution in [3.63, 3.8) is 0 Å². The van der Waals surface area contributed by atoms with Gasteiger partial charge in [-0.3, -0.25) is 0 Å². The number of hydrogen-bond donors (Lipinski definition) is 0. The van der Waals surface area contributed by atoms with Crippen LogP contribution in [0.3, 0.4) is 0 Å². The molecule has 3 nitrogen and oxygen atoms in total. The van der Waals surface area contributed by atoms with Crippen molar-refractivity contribution in [2.24, 2.45) is 0 Å². The summed E-state index contributed by atoms with van der Waals surface area (Å²) in [4.78, 5) is 0. The number of rotatable bonds is 11. The molecule has 0 aliphatic rings. The first kappa shape index (κ1) is 15.9. The Kier molecular flexibility index (Phi) is 11.3. The van der Waals surface area contributed by atoms with E-state index in [1.807, 2.05) is 0 Å². The fourth-order valence-corrected chi connectivity index (χ4v) is 1.55. The normalized spacial score (nSPS) is 15.0. The fraction of sp³-hybridized carbons (Fsp3) is 1.00. The molecule has 3 heteroatoms. The maximum absolute atomic E-state index is 10.3. The van der Waals surface area contributed by atoms with Gasteiger partial charge in [0.25, 0.3) is 0 Å². The van der Waals surface area contributed by atoms with Gasteiger partial charge in [-0.25, -0.2) is 5.11 Å². The third-order valence-corrected chi connectivity index (χ3v) is 2.81. The van der Waals surface area contributed by atoms with Gasteiger partial charge in [-0.15, -0.1) is 0 Å². The minimum atomic E-state index is 0.0433. The predicted octanol–water partition coefficient (Wildman–Crippen LogP) is 3.20. The molecule has 0 aromatic rings. The first-order chi connectivity index (χ1) is 7.70. The summed E-state index contributed by atoms with van der Waals surface area (Å²) in [6.45, 7) is 5.05. The van der Waals surface area contributed by atoms with E-state index in [1.165, 1.54) is 0 Å². The van der Waals surface area contributed by atoms with Gasteiger partial charge in [-0.05, 0) is 52.4 Å². The van der Waals surface area contributed by atoms with Crippen molar-refractivity contribution in [1.82, 2.24) is 0 Å². The Bertz CT molecular complexity index is 139. The van der Waals surface area contributed by atoms with Crippen LogP contribution in [0.1, 0.15) is 52.4 Å². The van der Waals surface area contributed by atoms with Gasteiger partial charge < -0.3 is 9.47 Å². The van der Waals surface area contributed by atoms with Crippen LogP contribution < -0.4 is 0 Å². The number of methoxy groups -OCH3 is 1. The summed E-state index contributed by atoms with van der Waals surface area (Å²) in [7, 11) is 1.75. The van der Waals surface area contributed by atoms with E-state index in [1.54, 1.807) is 7.11 Å². The van der Waals surface area contributed by atoms with Crippen LogP contribution in [0, 0.1) is 0 Å². The molecule has 2 atom stereocenters. The van der Waals surface area contributed by atoms with Crippen molar-refractivity contribution in [2.45, 2.75) is 64.6 Å². The maximum Gasteiger partial charge on any atom is 0.0822 e. The quantitative estimate of drug-likeness (QED) is 0.512. The SMILES string of the molecule is COC(C)CCCCOC(C)CCCC[O]. The molecule has 0 saturated carbocycles.